The summed E-state index contributed by atoms with van der Waals surface area (Å²) in [6.07, 6.45) is 0. The van der Waals surface area contributed by atoms with Gasteiger partial charge in [-0.25, -0.2) is 10.2 Å². The van der Waals surface area contributed by atoms with Gasteiger partial charge in [0.25, 0.3) is 5.91 Å². The van der Waals surface area contributed by atoms with E-state index in [1.54, 1.807) is 55.5 Å². The molecule has 0 atom stereocenters. The lowest BCUT2D eigenvalue weighted by Gasteiger charge is -2.04. The van der Waals surface area contributed by atoms with Gasteiger partial charge in [0.05, 0.1) is 11.3 Å². The molecule has 25 heavy (non-hydrogen) atoms. The molecule has 0 bridgehead atoms. The molecule has 2 aromatic carbocycles. The van der Waals surface area contributed by atoms with Crippen molar-refractivity contribution < 1.29 is 9.21 Å². The molecule has 0 aliphatic rings. The highest BCUT2D eigenvalue weighted by Gasteiger charge is 2.10. The van der Waals surface area contributed by atoms with E-state index in [2.05, 4.69) is 10.5 Å². The first-order chi connectivity index (χ1) is 11.9. The number of carbonyl (C=O) groups is 1. The molecule has 0 unspecified atom stereocenters. The third-order valence-electron chi connectivity index (χ3n) is 3.52. The Kier molecular flexibility index (Phi) is 4.88. The van der Waals surface area contributed by atoms with Gasteiger partial charge in [-0.05, 0) is 55.5 Å². The van der Waals surface area contributed by atoms with E-state index in [0.29, 0.717) is 32.3 Å². The van der Waals surface area contributed by atoms with Gasteiger partial charge in [-0.2, -0.15) is 5.10 Å². The van der Waals surface area contributed by atoms with Crippen LogP contribution in [-0.2, 0) is 0 Å². The first-order valence-corrected chi connectivity index (χ1v) is 8.03. The maximum atomic E-state index is 12.1. The van der Waals surface area contributed by atoms with E-state index in [0.717, 1.165) is 0 Å². The number of fused-ring (bicyclic) bond motifs is 1. The van der Waals surface area contributed by atoms with Crippen LogP contribution < -0.4 is 11.1 Å². The van der Waals surface area contributed by atoms with Crippen molar-refractivity contribution in [2.24, 2.45) is 5.10 Å². The molecule has 0 fully saturated rings. The number of amides is 1. The Labute approximate surface area is 152 Å². The highest BCUT2D eigenvalue weighted by atomic mass is 35.5. The van der Waals surface area contributed by atoms with E-state index in [-0.39, 0.29) is 5.56 Å². The average Bonchev–Trinajstić information content (AvgIpc) is 2.59. The fourth-order valence-corrected chi connectivity index (χ4v) is 2.51. The van der Waals surface area contributed by atoms with Gasteiger partial charge >= 0.3 is 5.63 Å². The Morgan fingerprint density at radius 2 is 1.72 bits per heavy atom. The minimum absolute atomic E-state index is 0.242. The summed E-state index contributed by atoms with van der Waals surface area (Å²) < 4.78 is 5.25. The van der Waals surface area contributed by atoms with E-state index < -0.39 is 11.5 Å². The van der Waals surface area contributed by atoms with Crippen LogP contribution in [0.3, 0.4) is 0 Å². The molecular formula is C18H12Cl2N2O3. The fraction of sp³-hybridized carbons (Fsp3) is 0.0556. The van der Waals surface area contributed by atoms with Crippen molar-refractivity contribution in [3.63, 3.8) is 0 Å². The topological polar surface area (TPSA) is 71.7 Å². The maximum Gasteiger partial charge on any atom is 0.345 e. The lowest BCUT2D eigenvalue weighted by Crippen LogP contribution is -2.21. The third kappa shape index (κ3) is 3.90. The predicted molar refractivity (Wildman–Crippen MR) is 98.6 cm³/mol. The minimum Gasteiger partial charge on any atom is -0.422 e. The zero-order valence-electron chi connectivity index (χ0n) is 13.0. The molecule has 3 rings (SSSR count). The van der Waals surface area contributed by atoms with Gasteiger partial charge in [-0.15, -0.1) is 0 Å². The Hall–Kier alpha value is -2.63. The molecule has 0 saturated carbocycles. The Morgan fingerprint density at radius 1 is 1.04 bits per heavy atom. The molecule has 126 valence electrons. The van der Waals surface area contributed by atoms with Gasteiger partial charge in [-0.3, -0.25) is 4.79 Å². The molecule has 1 heterocycles. The van der Waals surface area contributed by atoms with Crippen molar-refractivity contribution in [1.29, 1.82) is 0 Å². The second kappa shape index (κ2) is 7.09. The van der Waals surface area contributed by atoms with Gasteiger partial charge in [0.1, 0.15) is 5.58 Å². The molecule has 0 aliphatic carbocycles. The Balaban J connectivity index is 1.88. The third-order valence-corrected chi connectivity index (χ3v) is 4.00. The van der Waals surface area contributed by atoms with Crippen molar-refractivity contribution in [1.82, 2.24) is 5.43 Å². The molecule has 0 spiro atoms. The maximum absolute atomic E-state index is 12.1. The standard InChI is InChI=1S/C18H12Cl2N2O3/c1-10(21-22-17(23)11-2-4-13(19)5-3-11)15-9-12-8-14(20)6-7-16(12)25-18(15)24/h2-9H,1H3,(H,22,23)/b21-10-. The summed E-state index contributed by atoms with van der Waals surface area (Å²) in [7, 11) is 0. The van der Waals surface area contributed by atoms with E-state index in [1.807, 2.05) is 0 Å². The molecule has 1 amide bonds. The lowest BCUT2D eigenvalue weighted by atomic mass is 10.1. The van der Waals surface area contributed by atoms with Gasteiger partial charge in [0, 0.05) is 21.0 Å². The van der Waals surface area contributed by atoms with E-state index in [4.69, 9.17) is 27.6 Å². The molecule has 0 saturated heterocycles. The van der Waals surface area contributed by atoms with Crippen molar-refractivity contribution in [2.75, 3.05) is 0 Å². The smallest absolute Gasteiger partial charge is 0.345 e. The van der Waals surface area contributed by atoms with Crippen LogP contribution in [-0.4, -0.2) is 11.6 Å². The molecule has 1 aromatic heterocycles. The van der Waals surface area contributed by atoms with Crippen molar-refractivity contribution >= 4 is 45.8 Å². The molecule has 0 radical (unpaired) electrons. The van der Waals surface area contributed by atoms with Crippen LogP contribution in [0, 0.1) is 0 Å². The summed E-state index contributed by atoms with van der Waals surface area (Å²) in [5, 5.41) is 5.70. The number of benzene rings is 2. The number of halogens is 2. The summed E-state index contributed by atoms with van der Waals surface area (Å²) in [5.41, 5.74) is 3.25. The van der Waals surface area contributed by atoms with Gasteiger partial charge in [-0.1, -0.05) is 23.2 Å². The van der Waals surface area contributed by atoms with E-state index >= 15 is 0 Å². The predicted octanol–water partition coefficient (Wildman–Crippen LogP) is 4.25. The lowest BCUT2D eigenvalue weighted by molar-refractivity contribution is 0.0955. The van der Waals surface area contributed by atoms with Crippen LogP contribution in [0.25, 0.3) is 11.0 Å². The van der Waals surface area contributed by atoms with Crippen LogP contribution in [0.5, 0.6) is 0 Å². The zero-order valence-corrected chi connectivity index (χ0v) is 14.6. The van der Waals surface area contributed by atoms with Crippen LogP contribution >= 0.6 is 23.2 Å². The van der Waals surface area contributed by atoms with Crippen LogP contribution in [0.2, 0.25) is 10.0 Å². The van der Waals surface area contributed by atoms with Crippen LogP contribution in [0.15, 0.2) is 62.8 Å². The highest BCUT2D eigenvalue weighted by molar-refractivity contribution is 6.31. The van der Waals surface area contributed by atoms with E-state index in [9.17, 15) is 9.59 Å². The summed E-state index contributed by atoms with van der Waals surface area (Å²) >= 11 is 11.7. The second-order valence-electron chi connectivity index (χ2n) is 5.27. The largest absolute Gasteiger partial charge is 0.422 e. The second-order valence-corrected chi connectivity index (χ2v) is 6.15. The SMILES string of the molecule is C/C(=N/NC(=O)c1ccc(Cl)cc1)c1cc2cc(Cl)ccc2oc1=O. The highest BCUT2D eigenvalue weighted by Crippen LogP contribution is 2.19. The van der Waals surface area contributed by atoms with Crippen LogP contribution in [0.1, 0.15) is 22.8 Å². The first-order valence-electron chi connectivity index (χ1n) is 7.28. The summed E-state index contributed by atoms with van der Waals surface area (Å²) in [5.74, 6) is -0.413. The summed E-state index contributed by atoms with van der Waals surface area (Å²) in [6, 6.07) is 12.9. The number of hydrogen-bond acceptors (Lipinski definition) is 4. The van der Waals surface area contributed by atoms with Crippen molar-refractivity contribution in [2.45, 2.75) is 6.92 Å². The molecule has 5 nitrogen and oxygen atoms in total. The summed E-state index contributed by atoms with van der Waals surface area (Å²) in [4.78, 5) is 24.2. The van der Waals surface area contributed by atoms with Gasteiger partial charge in [0.15, 0.2) is 0 Å². The number of nitrogens with one attached hydrogen (secondary N) is 1. The molecule has 7 heteroatoms. The fourth-order valence-electron chi connectivity index (χ4n) is 2.21. The molecular weight excluding hydrogens is 363 g/mol. The quantitative estimate of drug-likeness (QED) is 0.423. The van der Waals surface area contributed by atoms with Crippen molar-refractivity contribution in [3.05, 3.63) is 80.1 Å². The van der Waals surface area contributed by atoms with Crippen molar-refractivity contribution in [3.8, 4) is 0 Å². The summed E-state index contributed by atoms with van der Waals surface area (Å²) in [6.45, 7) is 1.60. The minimum atomic E-state index is -0.545. The first kappa shape index (κ1) is 17.2. The van der Waals surface area contributed by atoms with Gasteiger partial charge < -0.3 is 4.42 Å². The number of hydrazone groups is 1. The Morgan fingerprint density at radius 3 is 2.44 bits per heavy atom. The number of carbonyl (C=O) groups excluding carboxylic acids is 1. The molecule has 0 aliphatic heterocycles. The molecule has 3 aromatic rings. The van der Waals surface area contributed by atoms with Gasteiger partial charge in [0.2, 0.25) is 0 Å². The average molecular weight is 375 g/mol. The molecule has 1 N–H and O–H groups in total. The Bertz CT molecular complexity index is 1040. The number of rotatable bonds is 3. The monoisotopic (exact) mass is 374 g/mol. The number of nitrogens with zero attached hydrogens (tertiary/aromatic N) is 1. The van der Waals surface area contributed by atoms with E-state index in [1.165, 1.54) is 0 Å². The normalized spacial score (nSPS) is 11.6. The number of hydrogen-bond donors (Lipinski definition) is 1. The zero-order chi connectivity index (χ0) is 18.0. The van der Waals surface area contributed by atoms with Crippen LogP contribution in [0.4, 0.5) is 0 Å².